The summed E-state index contributed by atoms with van der Waals surface area (Å²) >= 11 is 0. The van der Waals surface area contributed by atoms with Gasteiger partial charge in [-0.1, -0.05) is 6.07 Å². The van der Waals surface area contributed by atoms with Crippen LogP contribution < -0.4 is 10.5 Å². The van der Waals surface area contributed by atoms with Crippen LogP contribution in [0.3, 0.4) is 0 Å². The minimum absolute atomic E-state index is 0.00806. The molecule has 7 heteroatoms. The Bertz CT molecular complexity index is 795. The Kier molecular flexibility index (Phi) is 8.57. The number of ether oxygens (including phenoxy) is 3. The molecule has 1 amide bonds. The topological polar surface area (TPSA) is 91.1 Å². The second-order valence-corrected chi connectivity index (χ2v) is 10.6. The Morgan fingerprint density at radius 2 is 1.75 bits per heavy atom. The summed E-state index contributed by atoms with van der Waals surface area (Å²) in [5, 5.41) is 0. The van der Waals surface area contributed by atoms with Crippen molar-refractivity contribution >= 4 is 12.1 Å². The van der Waals surface area contributed by atoms with Gasteiger partial charge in [-0.25, -0.2) is 4.79 Å². The fraction of sp³-hybridized carbons (Fsp3) is 0.680. The van der Waals surface area contributed by atoms with Crippen molar-refractivity contribution in [2.75, 3.05) is 26.2 Å². The van der Waals surface area contributed by atoms with Crippen molar-refractivity contribution in [2.45, 2.75) is 72.5 Å². The number of hydrogen-bond acceptors (Lipinski definition) is 6. The number of likely N-dealkylation sites (tertiary alicyclic amines) is 1. The van der Waals surface area contributed by atoms with E-state index < -0.39 is 11.2 Å². The molecule has 32 heavy (non-hydrogen) atoms. The van der Waals surface area contributed by atoms with Crippen molar-refractivity contribution in [3.63, 3.8) is 0 Å². The van der Waals surface area contributed by atoms with Crippen LogP contribution in [-0.4, -0.2) is 54.4 Å². The van der Waals surface area contributed by atoms with Crippen molar-refractivity contribution in [3.8, 4) is 5.75 Å². The lowest BCUT2D eigenvalue weighted by Crippen LogP contribution is -2.38. The number of carbonyl (C=O) groups is 2. The highest BCUT2D eigenvalue weighted by Crippen LogP contribution is 2.31. The zero-order valence-corrected chi connectivity index (χ0v) is 20.7. The smallest absolute Gasteiger partial charge is 0.410 e. The van der Waals surface area contributed by atoms with Crippen LogP contribution in [0.25, 0.3) is 0 Å². The van der Waals surface area contributed by atoms with E-state index in [1.807, 2.05) is 60.6 Å². The Labute approximate surface area is 192 Å². The maximum atomic E-state index is 13.2. The van der Waals surface area contributed by atoms with Gasteiger partial charge in [-0.15, -0.1) is 0 Å². The van der Waals surface area contributed by atoms with E-state index in [0.29, 0.717) is 32.7 Å². The lowest BCUT2D eigenvalue weighted by Gasteiger charge is -2.28. The summed E-state index contributed by atoms with van der Waals surface area (Å²) in [6.07, 6.45) is 0.907. The summed E-state index contributed by atoms with van der Waals surface area (Å²) in [6.45, 7) is 15.1. The third-order valence-electron chi connectivity index (χ3n) is 5.11. The van der Waals surface area contributed by atoms with Gasteiger partial charge in [0, 0.05) is 19.6 Å². The van der Waals surface area contributed by atoms with Crippen LogP contribution in [0.5, 0.6) is 5.75 Å². The third kappa shape index (κ3) is 8.34. The largest absolute Gasteiger partial charge is 0.492 e. The third-order valence-corrected chi connectivity index (χ3v) is 5.11. The van der Waals surface area contributed by atoms with Crippen LogP contribution in [0.1, 0.15) is 59.1 Å². The van der Waals surface area contributed by atoms with Crippen LogP contribution in [0.4, 0.5) is 4.79 Å². The summed E-state index contributed by atoms with van der Waals surface area (Å²) < 4.78 is 17.0. The molecule has 1 aromatic rings. The average Bonchev–Trinajstić information content (AvgIpc) is 3.11. The molecule has 1 aliphatic rings. The molecule has 1 heterocycles. The molecule has 1 aromatic carbocycles. The Morgan fingerprint density at radius 1 is 1.09 bits per heavy atom. The summed E-state index contributed by atoms with van der Waals surface area (Å²) in [5.74, 6) is 0.131. The van der Waals surface area contributed by atoms with E-state index >= 15 is 0 Å². The SMILES string of the molecule is Cc1cc(C[C@H](C(=O)OC(C)(C)C)[C@H]2CCN(C(=O)OC(C)(C)C)C2)cc(OCCN)c1. The number of benzene rings is 1. The van der Waals surface area contributed by atoms with Gasteiger partial charge in [0.25, 0.3) is 0 Å². The number of rotatable bonds is 7. The van der Waals surface area contributed by atoms with Gasteiger partial charge in [0.15, 0.2) is 0 Å². The van der Waals surface area contributed by atoms with Gasteiger partial charge in [0.05, 0.1) is 5.92 Å². The lowest BCUT2D eigenvalue weighted by molar-refractivity contribution is -0.161. The van der Waals surface area contributed by atoms with E-state index in [0.717, 1.165) is 23.3 Å². The van der Waals surface area contributed by atoms with E-state index in [2.05, 4.69) is 6.07 Å². The summed E-state index contributed by atoms with van der Waals surface area (Å²) in [6, 6.07) is 5.98. The van der Waals surface area contributed by atoms with E-state index in [4.69, 9.17) is 19.9 Å². The fourth-order valence-corrected chi connectivity index (χ4v) is 3.88. The highest BCUT2D eigenvalue weighted by molar-refractivity contribution is 5.74. The quantitative estimate of drug-likeness (QED) is 0.632. The minimum atomic E-state index is -0.583. The van der Waals surface area contributed by atoms with Crippen molar-refractivity contribution in [1.82, 2.24) is 4.90 Å². The highest BCUT2D eigenvalue weighted by Gasteiger charge is 2.39. The molecule has 7 nitrogen and oxygen atoms in total. The van der Waals surface area contributed by atoms with E-state index in [9.17, 15) is 9.59 Å². The van der Waals surface area contributed by atoms with Crippen molar-refractivity contribution in [2.24, 2.45) is 17.6 Å². The molecule has 2 N–H and O–H groups in total. The predicted molar refractivity (Wildman–Crippen MR) is 125 cm³/mol. The average molecular weight is 449 g/mol. The van der Waals surface area contributed by atoms with Crippen LogP contribution >= 0.6 is 0 Å². The highest BCUT2D eigenvalue weighted by atomic mass is 16.6. The maximum absolute atomic E-state index is 13.2. The first-order valence-electron chi connectivity index (χ1n) is 11.4. The molecule has 0 radical (unpaired) electrons. The lowest BCUT2D eigenvalue weighted by atomic mass is 9.85. The molecule has 0 aliphatic carbocycles. The number of hydrogen-bond donors (Lipinski definition) is 1. The number of amides is 1. The van der Waals surface area contributed by atoms with Gasteiger partial charge in [-0.3, -0.25) is 4.79 Å². The first-order valence-corrected chi connectivity index (χ1v) is 11.4. The van der Waals surface area contributed by atoms with Gasteiger partial charge < -0.3 is 24.8 Å². The molecule has 2 rings (SSSR count). The zero-order chi connectivity index (χ0) is 24.1. The molecule has 1 aliphatic heterocycles. The molecule has 1 fully saturated rings. The molecule has 0 aromatic heterocycles. The first-order chi connectivity index (χ1) is 14.8. The van der Waals surface area contributed by atoms with Gasteiger partial charge in [-0.05, 0) is 90.5 Å². The second kappa shape index (κ2) is 10.6. The van der Waals surface area contributed by atoms with E-state index in [-0.39, 0.29) is 23.9 Å². The van der Waals surface area contributed by atoms with Crippen molar-refractivity contribution in [3.05, 3.63) is 29.3 Å². The minimum Gasteiger partial charge on any atom is -0.492 e. The monoisotopic (exact) mass is 448 g/mol. The van der Waals surface area contributed by atoms with Crippen molar-refractivity contribution in [1.29, 1.82) is 0 Å². The maximum Gasteiger partial charge on any atom is 0.410 e. The van der Waals surface area contributed by atoms with Crippen molar-refractivity contribution < 1.29 is 23.8 Å². The zero-order valence-electron chi connectivity index (χ0n) is 20.7. The van der Waals surface area contributed by atoms with Gasteiger partial charge in [0.1, 0.15) is 23.6 Å². The molecule has 0 bridgehead atoms. The second-order valence-electron chi connectivity index (χ2n) is 10.6. The molecular weight excluding hydrogens is 408 g/mol. The normalized spacial score (nSPS) is 17.8. The molecule has 180 valence electrons. The Morgan fingerprint density at radius 3 is 2.34 bits per heavy atom. The fourth-order valence-electron chi connectivity index (χ4n) is 3.88. The molecule has 0 spiro atoms. The number of nitrogens with two attached hydrogens (primary N) is 1. The molecule has 0 saturated carbocycles. The molecule has 1 saturated heterocycles. The van der Waals surface area contributed by atoms with E-state index in [1.165, 1.54) is 0 Å². The molecule has 2 atom stereocenters. The van der Waals surface area contributed by atoms with Gasteiger partial charge in [-0.2, -0.15) is 0 Å². The van der Waals surface area contributed by atoms with E-state index in [1.54, 1.807) is 4.90 Å². The van der Waals surface area contributed by atoms with Gasteiger partial charge >= 0.3 is 12.1 Å². The number of aryl methyl sites for hydroxylation is 1. The van der Waals surface area contributed by atoms with Crippen LogP contribution in [-0.2, 0) is 20.7 Å². The first kappa shape index (κ1) is 26.0. The molecular formula is C25H40N2O5. The standard InChI is InChI=1S/C25H40N2O5/c1-17-12-18(14-20(13-17)30-11-9-26)15-21(22(28)31-24(2,3)4)19-8-10-27(16-19)23(29)32-25(5,6)7/h12-14,19,21H,8-11,15-16,26H2,1-7H3/t19-,21-/m0/s1. The Hall–Kier alpha value is -2.28. The van der Waals surface area contributed by atoms with Crippen LogP contribution in [0, 0.1) is 18.8 Å². The predicted octanol–water partition coefficient (Wildman–Crippen LogP) is 4.09. The number of carbonyl (C=O) groups excluding carboxylic acids is 2. The van der Waals surface area contributed by atoms with Crippen LogP contribution in [0.2, 0.25) is 0 Å². The number of nitrogens with zero attached hydrogens (tertiary/aromatic N) is 1. The Balaban J connectivity index is 2.22. The van der Waals surface area contributed by atoms with Gasteiger partial charge in [0.2, 0.25) is 0 Å². The summed E-state index contributed by atoms with van der Waals surface area (Å²) in [7, 11) is 0. The summed E-state index contributed by atoms with van der Waals surface area (Å²) in [4.78, 5) is 27.4. The molecule has 0 unspecified atom stereocenters. The van der Waals surface area contributed by atoms with Crippen LogP contribution in [0.15, 0.2) is 18.2 Å². The number of esters is 1. The summed E-state index contributed by atoms with van der Waals surface area (Å²) in [5.41, 5.74) is 6.48.